The minimum absolute atomic E-state index is 0.539. The maximum atomic E-state index is 5.88. The Bertz CT molecular complexity index is 796. The summed E-state index contributed by atoms with van der Waals surface area (Å²) in [5.41, 5.74) is 0. The van der Waals surface area contributed by atoms with Gasteiger partial charge in [0, 0.05) is 12.3 Å². The minimum Gasteiger partial charge on any atom is -0.460 e. The first-order chi connectivity index (χ1) is 12.2. The van der Waals surface area contributed by atoms with Gasteiger partial charge in [0.25, 0.3) is 0 Å². The highest BCUT2D eigenvalue weighted by atomic mass is 32.1. The molecule has 2 aromatic heterocycles. The summed E-state index contributed by atoms with van der Waals surface area (Å²) in [7, 11) is 0. The van der Waals surface area contributed by atoms with Crippen LogP contribution in [-0.2, 0) is 6.42 Å². The van der Waals surface area contributed by atoms with Gasteiger partial charge >= 0.3 is 0 Å². The van der Waals surface area contributed by atoms with Gasteiger partial charge in [-0.25, -0.2) is 0 Å². The first-order valence-electron chi connectivity index (χ1n) is 9.51. The van der Waals surface area contributed by atoms with Gasteiger partial charge in [-0.15, -0.1) is 0 Å². The third-order valence-corrected chi connectivity index (χ3v) is 5.91. The molecule has 2 saturated carbocycles. The zero-order chi connectivity index (χ0) is 17.2. The van der Waals surface area contributed by atoms with E-state index >= 15 is 0 Å². The number of H-pyrrole nitrogens is 1. The summed E-state index contributed by atoms with van der Waals surface area (Å²) < 4.78 is 8.16. The van der Waals surface area contributed by atoms with Crippen molar-refractivity contribution in [3.05, 3.63) is 34.2 Å². The molecule has 0 spiro atoms. The quantitative estimate of drug-likeness (QED) is 0.580. The van der Waals surface area contributed by atoms with E-state index in [2.05, 4.69) is 28.3 Å². The molecule has 1 N–H and O–H groups in total. The molecular weight excluding hydrogens is 332 g/mol. The Balaban J connectivity index is 1.42. The monoisotopic (exact) mass is 358 g/mol. The topological polar surface area (TPSA) is 59.1 Å². The van der Waals surface area contributed by atoms with Gasteiger partial charge in [0.05, 0.1) is 6.21 Å². The Morgan fingerprint density at radius 1 is 1.36 bits per heavy atom. The molecule has 2 aliphatic carbocycles. The number of aromatic amines is 1. The molecule has 2 aliphatic rings. The van der Waals surface area contributed by atoms with Crippen LogP contribution >= 0.6 is 12.2 Å². The fraction of sp³-hybridized carbons (Fsp3) is 0.632. The number of nitrogens with one attached hydrogen (secondary N) is 1. The van der Waals surface area contributed by atoms with Crippen molar-refractivity contribution in [3.8, 4) is 0 Å². The zero-order valence-electron chi connectivity index (χ0n) is 14.8. The van der Waals surface area contributed by atoms with Crippen LogP contribution < -0.4 is 0 Å². The van der Waals surface area contributed by atoms with Gasteiger partial charge < -0.3 is 4.42 Å². The predicted molar refractivity (Wildman–Crippen MR) is 101 cm³/mol. The van der Waals surface area contributed by atoms with Crippen LogP contribution in [0.2, 0.25) is 0 Å². The fourth-order valence-corrected chi connectivity index (χ4v) is 4.08. The number of nitrogens with zero attached hydrogens (tertiary/aromatic N) is 3. The molecule has 25 heavy (non-hydrogen) atoms. The second-order valence-corrected chi connectivity index (χ2v) is 7.99. The van der Waals surface area contributed by atoms with Crippen LogP contribution in [0.5, 0.6) is 0 Å². The van der Waals surface area contributed by atoms with E-state index in [1.165, 1.54) is 44.9 Å². The molecule has 0 saturated heterocycles. The van der Waals surface area contributed by atoms with Crippen molar-refractivity contribution in [1.29, 1.82) is 0 Å². The molecule has 0 bridgehead atoms. The van der Waals surface area contributed by atoms with Crippen molar-refractivity contribution in [2.24, 2.45) is 16.9 Å². The van der Waals surface area contributed by atoms with Gasteiger partial charge in [-0.3, -0.25) is 5.10 Å². The van der Waals surface area contributed by atoms with E-state index in [-0.39, 0.29) is 0 Å². The van der Waals surface area contributed by atoms with Crippen LogP contribution in [0.15, 0.2) is 21.7 Å². The number of furan rings is 1. The van der Waals surface area contributed by atoms with E-state index in [0.29, 0.717) is 10.7 Å². The van der Waals surface area contributed by atoms with Gasteiger partial charge in [-0.05, 0) is 49.0 Å². The largest absolute Gasteiger partial charge is 0.460 e. The summed E-state index contributed by atoms with van der Waals surface area (Å²) in [5, 5.41) is 11.8. The van der Waals surface area contributed by atoms with Crippen LogP contribution in [0.4, 0.5) is 0 Å². The summed E-state index contributed by atoms with van der Waals surface area (Å²) in [5.74, 6) is 4.91. The second-order valence-electron chi connectivity index (χ2n) is 7.60. The number of hydrogen-bond acceptors (Lipinski definition) is 4. The lowest BCUT2D eigenvalue weighted by Crippen LogP contribution is -2.09. The van der Waals surface area contributed by atoms with E-state index in [1.54, 1.807) is 10.9 Å². The summed E-state index contributed by atoms with van der Waals surface area (Å²) in [6, 6.07) is 4.05. The van der Waals surface area contributed by atoms with Crippen LogP contribution in [0.3, 0.4) is 0 Å². The van der Waals surface area contributed by atoms with Crippen LogP contribution in [-0.4, -0.2) is 21.1 Å². The Morgan fingerprint density at radius 3 is 2.92 bits per heavy atom. The Morgan fingerprint density at radius 2 is 2.16 bits per heavy atom. The van der Waals surface area contributed by atoms with Crippen molar-refractivity contribution in [2.75, 3.05) is 0 Å². The molecule has 5 nitrogen and oxygen atoms in total. The van der Waals surface area contributed by atoms with Gasteiger partial charge in [-0.2, -0.15) is 14.9 Å². The van der Waals surface area contributed by atoms with Gasteiger partial charge in [-0.1, -0.05) is 39.0 Å². The molecular formula is C19H26N4OS. The number of hydrogen-bond donors (Lipinski definition) is 1. The smallest absolute Gasteiger partial charge is 0.216 e. The van der Waals surface area contributed by atoms with E-state index in [1.807, 2.05) is 6.07 Å². The van der Waals surface area contributed by atoms with Crippen LogP contribution in [0.25, 0.3) is 0 Å². The molecule has 2 atom stereocenters. The molecule has 0 amide bonds. The molecule has 0 aromatic carbocycles. The van der Waals surface area contributed by atoms with Crippen molar-refractivity contribution < 1.29 is 4.42 Å². The molecule has 2 aromatic rings. The third-order valence-electron chi connectivity index (χ3n) is 5.64. The Labute approximate surface area is 153 Å². The first-order valence-corrected chi connectivity index (χ1v) is 9.92. The average Bonchev–Trinajstić information content (AvgIpc) is 3.04. The van der Waals surface area contributed by atoms with Gasteiger partial charge in [0.2, 0.25) is 4.77 Å². The number of rotatable bonds is 6. The molecule has 0 aliphatic heterocycles. The predicted octanol–water partition coefficient (Wildman–Crippen LogP) is 5.05. The van der Waals surface area contributed by atoms with Crippen molar-refractivity contribution in [2.45, 2.75) is 64.2 Å². The third kappa shape index (κ3) is 3.94. The van der Waals surface area contributed by atoms with Crippen LogP contribution in [0, 0.1) is 16.6 Å². The van der Waals surface area contributed by atoms with Gasteiger partial charge in [0.15, 0.2) is 5.82 Å². The maximum Gasteiger partial charge on any atom is 0.216 e. The first kappa shape index (κ1) is 16.8. The second kappa shape index (κ2) is 7.28. The molecule has 6 heteroatoms. The minimum atomic E-state index is 0.539. The number of aromatic nitrogens is 3. The van der Waals surface area contributed by atoms with Crippen molar-refractivity contribution in [3.63, 3.8) is 0 Å². The standard InChI is InChI=1S/C19H26N4OS/c1-13-11-16(13)17-9-8-15(24-17)12-20-23-18(21-22-19(23)25)10-7-14-5-3-2-4-6-14/h8-9,12-14,16H,2-7,10-11H2,1H3,(H,22,25)/b20-12-/t13-,16+/m1/s1. The summed E-state index contributed by atoms with van der Waals surface area (Å²) in [6.07, 6.45) is 11.9. The van der Waals surface area contributed by atoms with Gasteiger partial charge in [0.1, 0.15) is 11.5 Å². The molecule has 2 heterocycles. The lowest BCUT2D eigenvalue weighted by atomic mass is 9.86. The lowest BCUT2D eigenvalue weighted by molar-refractivity contribution is 0.336. The summed E-state index contributed by atoms with van der Waals surface area (Å²) in [4.78, 5) is 0. The molecule has 0 radical (unpaired) electrons. The van der Waals surface area contributed by atoms with Crippen molar-refractivity contribution >= 4 is 18.4 Å². The van der Waals surface area contributed by atoms with E-state index < -0.39 is 0 Å². The lowest BCUT2D eigenvalue weighted by Gasteiger charge is -2.20. The van der Waals surface area contributed by atoms with E-state index in [0.717, 1.165) is 35.6 Å². The van der Waals surface area contributed by atoms with Crippen molar-refractivity contribution in [1.82, 2.24) is 14.9 Å². The fourth-order valence-electron chi connectivity index (χ4n) is 3.88. The SMILES string of the molecule is C[C@@H]1C[C@@H]1c1ccc(/C=N\n2c(CCC3CCCCC3)n[nH]c2=S)o1. The summed E-state index contributed by atoms with van der Waals surface area (Å²) >= 11 is 5.33. The molecule has 134 valence electrons. The van der Waals surface area contributed by atoms with E-state index in [4.69, 9.17) is 16.6 Å². The highest BCUT2D eigenvalue weighted by Gasteiger charge is 2.36. The van der Waals surface area contributed by atoms with Crippen LogP contribution in [0.1, 0.15) is 75.1 Å². The highest BCUT2D eigenvalue weighted by Crippen LogP contribution is 2.47. The molecule has 0 unspecified atom stereocenters. The molecule has 2 fully saturated rings. The summed E-state index contributed by atoms with van der Waals surface area (Å²) in [6.45, 7) is 2.25. The highest BCUT2D eigenvalue weighted by molar-refractivity contribution is 7.71. The zero-order valence-corrected chi connectivity index (χ0v) is 15.6. The normalized spacial score (nSPS) is 24.2. The van der Waals surface area contributed by atoms with E-state index in [9.17, 15) is 0 Å². The average molecular weight is 359 g/mol. The molecule has 4 rings (SSSR count). The Hall–Kier alpha value is -1.69. The Kier molecular flexibility index (Phi) is 4.88. The number of aryl methyl sites for hydroxylation is 1. The maximum absolute atomic E-state index is 5.88.